The third kappa shape index (κ3) is 4.90. The van der Waals surface area contributed by atoms with Crippen LogP contribution in [0.5, 0.6) is 0 Å². The van der Waals surface area contributed by atoms with Crippen molar-refractivity contribution in [1.29, 1.82) is 0 Å². The molecule has 98 valence electrons. The Morgan fingerprint density at radius 1 is 1.22 bits per heavy atom. The molecule has 0 aromatic heterocycles. The first-order valence-corrected chi connectivity index (χ1v) is 5.41. The van der Waals surface area contributed by atoms with Crippen molar-refractivity contribution in [1.82, 2.24) is 5.32 Å². The lowest BCUT2D eigenvalue weighted by atomic mass is 10.1. The predicted molar refractivity (Wildman–Crippen MR) is 59.9 cm³/mol. The van der Waals surface area contributed by atoms with Crippen LogP contribution in [0.2, 0.25) is 0 Å². The molecule has 1 rings (SSSR count). The van der Waals surface area contributed by atoms with Crippen LogP contribution < -0.4 is 5.32 Å². The van der Waals surface area contributed by atoms with Crippen LogP contribution in [0.4, 0.5) is 8.78 Å². The summed E-state index contributed by atoms with van der Waals surface area (Å²) in [6.45, 7) is -0.413. The Kier molecular flexibility index (Phi) is 5.23. The van der Waals surface area contributed by atoms with Crippen LogP contribution in [0.1, 0.15) is 18.4 Å². The molecule has 2 N–H and O–H groups in total. The third-order valence-corrected chi connectivity index (χ3v) is 2.29. The number of carbonyl (C=O) groups is 2. The van der Waals surface area contributed by atoms with E-state index >= 15 is 0 Å². The number of carboxylic acids is 1. The summed E-state index contributed by atoms with van der Waals surface area (Å²) in [5.74, 6) is -3.30. The Labute approximate surface area is 103 Å². The molecule has 0 spiro atoms. The van der Waals surface area contributed by atoms with Gasteiger partial charge in [0, 0.05) is 6.42 Å². The van der Waals surface area contributed by atoms with Crippen LogP contribution in [0.25, 0.3) is 0 Å². The summed E-state index contributed by atoms with van der Waals surface area (Å²) in [4.78, 5) is 21.3. The molecule has 0 aliphatic heterocycles. The number of hydrogen-bond donors (Lipinski definition) is 2. The van der Waals surface area contributed by atoms with E-state index in [9.17, 15) is 18.4 Å². The number of benzene rings is 1. The molecule has 6 heteroatoms. The maximum atomic E-state index is 12.9. The monoisotopic (exact) mass is 257 g/mol. The Morgan fingerprint density at radius 2 is 1.94 bits per heavy atom. The molecule has 0 aliphatic carbocycles. The van der Waals surface area contributed by atoms with Crippen molar-refractivity contribution in [3.05, 3.63) is 35.4 Å². The third-order valence-electron chi connectivity index (χ3n) is 2.29. The zero-order valence-corrected chi connectivity index (χ0v) is 9.58. The maximum Gasteiger partial charge on any atom is 0.322 e. The zero-order valence-electron chi connectivity index (χ0n) is 9.58. The summed E-state index contributed by atoms with van der Waals surface area (Å²) in [7, 11) is 0. The number of hydrogen-bond acceptors (Lipinski definition) is 2. The van der Waals surface area contributed by atoms with Gasteiger partial charge in [0.05, 0.1) is 0 Å². The number of amides is 1. The highest BCUT2D eigenvalue weighted by Crippen LogP contribution is 2.11. The Hall–Kier alpha value is -1.98. The smallest absolute Gasteiger partial charge is 0.322 e. The number of aryl methyl sites for hydroxylation is 1. The summed E-state index contributed by atoms with van der Waals surface area (Å²) in [5.41, 5.74) is 0.597. The van der Waals surface area contributed by atoms with E-state index in [-0.39, 0.29) is 12.3 Å². The maximum absolute atomic E-state index is 12.9. The molecule has 1 aromatic rings. The molecule has 0 saturated carbocycles. The summed E-state index contributed by atoms with van der Waals surface area (Å²) in [5, 5.41) is 10.5. The van der Waals surface area contributed by atoms with Crippen LogP contribution >= 0.6 is 0 Å². The van der Waals surface area contributed by atoms with E-state index in [1.165, 1.54) is 6.07 Å². The van der Waals surface area contributed by atoms with E-state index in [0.717, 1.165) is 12.1 Å². The second-order valence-electron chi connectivity index (χ2n) is 3.77. The average molecular weight is 257 g/mol. The van der Waals surface area contributed by atoms with Crippen LogP contribution in [0.15, 0.2) is 18.2 Å². The van der Waals surface area contributed by atoms with Gasteiger partial charge in [-0.15, -0.1) is 0 Å². The van der Waals surface area contributed by atoms with E-state index in [4.69, 9.17) is 5.11 Å². The number of aliphatic carboxylic acids is 1. The van der Waals surface area contributed by atoms with Gasteiger partial charge < -0.3 is 10.4 Å². The number of halogens is 2. The molecule has 0 saturated heterocycles. The van der Waals surface area contributed by atoms with Gasteiger partial charge in [-0.05, 0) is 30.5 Å². The molecule has 0 radical (unpaired) electrons. The summed E-state index contributed by atoms with van der Waals surface area (Å²) >= 11 is 0. The SMILES string of the molecule is O=C(O)CNC(=O)CCCc1ccc(F)c(F)c1. The van der Waals surface area contributed by atoms with E-state index in [1.54, 1.807) is 0 Å². The van der Waals surface area contributed by atoms with E-state index < -0.39 is 24.1 Å². The Morgan fingerprint density at radius 3 is 2.56 bits per heavy atom. The first-order valence-electron chi connectivity index (χ1n) is 5.41. The van der Waals surface area contributed by atoms with Gasteiger partial charge in [-0.1, -0.05) is 6.07 Å². The fourth-order valence-electron chi connectivity index (χ4n) is 1.41. The van der Waals surface area contributed by atoms with Crippen molar-refractivity contribution in [2.45, 2.75) is 19.3 Å². The zero-order chi connectivity index (χ0) is 13.5. The van der Waals surface area contributed by atoms with Gasteiger partial charge in [0.25, 0.3) is 0 Å². The summed E-state index contributed by atoms with van der Waals surface area (Å²) in [6, 6.07) is 3.58. The first-order chi connectivity index (χ1) is 8.49. The van der Waals surface area contributed by atoms with Crippen molar-refractivity contribution in [3.63, 3.8) is 0 Å². The van der Waals surface area contributed by atoms with Gasteiger partial charge in [0.15, 0.2) is 11.6 Å². The topological polar surface area (TPSA) is 66.4 Å². The normalized spacial score (nSPS) is 10.1. The van der Waals surface area contributed by atoms with E-state index in [2.05, 4.69) is 5.32 Å². The lowest BCUT2D eigenvalue weighted by Gasteiger charge is -2.03. The highest BCUT2D eigenvalue weighted by Gasteiger charge is 2.05. The molecule has 1 amide bonds. The summed E-state index contributed by atoms with van der Waals surface area (Å²) in [6.07, 6.45) is 1.01. The molecule has 18 heavy (non-hydrogen) atoms. The highest BCUT2D eigenvalue weighted by molar-refractivity contribution is 5.80. The minimum absolute atomic E-state index is 0.145. The molecule has 4 nitrogen and oxygen atoms in total. The van der Waals surface area contributed by atoms with Gasteiger partial charge in [-0.3, -0.25) is 9.59 Å². The second-order valence-corrected chi connectivity index (χ2v) is 3.77. The van der Waals surface area contributed by atoms with Gasteiger partial charge in [-0.2, -0.15) is 0 Å². The minimum Gasteiger partial charge on any atom is -0.480 e. The quantitative estimate of drug-likeness (QED) is 0.811. The fourth-order valence-corrected chi connectivity index (χ4v) is 1.41. The highest BCUT2D eigenvalue weighted by atomic mass is 19.2. The molecule has 0 heterocycles. The van der Waals surface area contributed by atoms with Crippen LogP contribution in [0, 0.1) is 11.6 Å². The molecular formula is C12H13F2NO3. The van der Waals surface area contributed by atoms with Crippen molar-refractivity contribution < 1.29 is 23.5 Å². The standard InChI is InChI=1S/C12H13F2NO3/c13-9-5-4-8(6-10(9)14)2-1-3-11(16)15-7-12(17)18/h4-6H,1-3,7H2,(H,15,16)(H,17,18). The first kappa shape index (κ1) is 14.1. The van der Waals surface area contributed by atoms with Gasteiger partial charge in [-0.25, -0.2) is 8.78 Å². The molecular weight excluding hydrogens is 244 g/mol. The Bertz CT molecular complexity index is 449. The van der Waals surface area contributed by atoms with Gasteiger partial charge >= 0.3 is 5.97 Å². The van der Waals surface area contributed by atoms with Crippen molar-refractivity contribution >= 4 is 11.9 Å². The second kappa shape index (κ2) is 6.68. The minimum atomic E-state index is -1.11. The average Bonchev–Trinajstić information content (AvgIpc) is 2.31. The fraction of sp³-hybridized carbons (Fsp3) is 0.333. The molecule has 0 aliphatic rings. The predicted octanol–water partition coefficient (Wildman–Crippen LogP) is 1.49. The Balaban J connectivity index is 2.30. The lowest BCUT2D eigenvalue weighted by molar-refractivity contribution is -0.137. The van der Waals surface area contributed by atoms with Gasteiger partial charge in [0.2, 0.25) is 5.91 Å². The lowest BCUT2D eigenvalue weighted by Crippen LogP contribution is -2.28. The molecule has 0 fully saturated rings. The number of carbonyl (C=O) groups excluding carboxylic acids is 1. The molecule has 1 aromatic carbocycles. The number of nitrogens with one attached hydrogen (secondary N) is 1. The van der Waals surface area contributed by atoms with Crippen LogP contribution in [0.3, 0.4) is 0 Å². The van der Waals surface area contributed by atoms with Gasteiger partial charge in [0.1, 0.15) is 6.54 Å². The van der Waals surface area contributed by atoms with Crippen molar-refractivity contribution in [2.24, 2.45) is 0 Å². The largest absolute Gasteiger partial charge is 0.480 e. The molecule has 0 unspecified atom stereocenters. The van der Waals surface area contributed by atoms with E-state index in [0.29, 0.717) is 18.4 Å². The van der Waals surface area contributed by atoms with E-state index in [1.807, 2.05) is 0 Å². The number of rotatable bonds is 6. The van der Waals surface area contributed by atoms with Crippen molar-refractivity contribution in [3.8, 4) is 0 Å². The van der Waals surface area contributed by atoms with Crippen LogP contribution in [-0.4, -0.2) is 23.5 Å². The number of carboxylic acid groups (broad SMARTS) is 1. The summed E-state index contributed by atoms with van der Waals surface area (Å²) < 4.78 is 25.5. The van der Waals surface area contributed by atoms with Crippen molar-refractivity contribution in [2.75, 3.05) is 6.54 Å². The van der Waals surface area contributed by atoms with Crippen LogP contribution in [-0.2, 0) is 16.0 Å². The molecule has 0 bridgehead atoms. The molecule has 0 atom stereocenters.